The average molecular weight is 344 g/mol. The van der Waals surface area contributed by atoms with Crippen molar-refractivity contribution in [1.82, 2.24) is 15.5 Å². The fourth-order valence-electron chi connectivity index (χ4n) is 4.13. The van der Waals surface area contributed by atoms with Crippen LogP contribution in [0, 0.1) is 5.92 Å². The van der Waals surface area contributed by atoms with Gasteiger partial charge in [0.05, 0.1) is 23.7 Å². The summed E-state index contributed by atoms with van der Waals surface area (Å²) in [5, 5.41) is 10.2. The summed E-state index contributed by atoms with van der Waals surface area (Å²) >= 11 is 1.51. The fraction of sp³-hybridized carbons (Fsp3) is 0.529. The van der Waals surface area contributed by atoms with Crippen molar-refractivity contribution in [2.24, 2.45) is 5.92 Å². The van der Waals surface area contributed by atoms with Crippen LogP contribution in [0.5, 0.6) is 5.75 Å². The van der Waals surface area contributed by atoms with Gasteiger partial charge in [0, 0.05) is 17.8 Å². The molecule has 2 aromatic rings. The Labute approximate surface area is 144 Å². The van der Waals surface area contributed by atoms with Crippen LogP contribution in [0.15, 0.2) is 12.4 Å². The van der Waals surface area contributed by atoms with Crippen molar-refractivity contribution in [2.45, 2.75) is 38.3 Å². The van der Waals surface area contributed by atoms with Crippen molar-refractivity contribution in [2.75, 3.05) is 18.1 Å². The van der Waals surface area contributed by atoms with Crippen molar-refractivity contribution in [1.29, 1.82) is 0 Å². The van der Waals surface area contributed by atoms with Crippen LogP contribution in [0.1, 0.15) is 35.9 Å². The van der Waals surface area contributed by atoms with Gasteiger partial charge in [0.1, 0.15) is 17.2 Å². The molecule has 2 aliphatic heterocycles. The molecule has 0 spiro atoms. The number of hydrogen-bond acceptors (Lipinski definition) is 5. The van der Waals surface area contributed by atoms with E-state index in [-0.39, 0.29) is 18.0 Å². The van der Waals surface area contributed by atoms with Gasteiger partial charge in [0.25, 0.3) is 5.91 Å². The zero-order chi connectivity index (χ0) is 16.3. The molecule has 1 saturated carbocycles. The van der Waals surface area contributed by atoms with Crippen LogP contribution in [0.25, 0.3) is 10.4 Å². The third-order valence-electron chi connectivity index (χ3n) is 5.64. The third kappa shape index (κ3) is 1.94. The number of aromatic nitrogens is 2. The summed E-state index contributed by atoms with van der Waals surface area (Å²) in [6.45, 7) is 3.73. The summed E-state index contributed by atoms with van der Waals surface area (Å²) in [6.07, 6.45) is 7.36. The molecular weight excluding hydrogens is 324 g/mol. The Kier molecular flexibility index (Phi) is 3.13. The zero-order valence-corrected chi connectivity index (χ0v) is 14.4. The lowest BCUT2D eigenvalue weighted by Crippen LogP contribution is -2.54. The van der Waals surface area contributed by atoms with E-state index in [9.17, 15) is 4.79 Å². The number of nitrogens with zero attached hydrogens (tertiary/aromatic N) is 2. The topological polar surface area (TPSA) is 70.2 Å². The Balaban J connectivity index is 1.63. The van der Waals surface area contributed by atoms with Gasteiger partial charge in [-0.1, -0.05) is 6.42 Å². The van der Waals surface area contributed by atoms with Gasteiger partial charge in [-0.3, -0.25) is 9.89 Å². The van der Waals surface area contributed by atoms with Gasteiger partial charge >= 0.3 is 0 Å². The van der Waals surface area contributed by atoms with Gasteiger partial charge in [0.15, 0.2) is 5.75 Å². The van der Waals surface area contributed by atoms with Gasteiger partial charge in [-0.15, -0.1) is 11.3 Å². The number of H-pyrrole nitrogens is 1. The Morgan fingerprint density at radius 2 is 2.25 bits per heavy atom. The highest BCUT2D eigenvalue weighted by Crippen LogP contribution is 2.51. The smallest absolute Gasteiger partial charge is 0.263 e. The number of thiophene rings is 1. The Hall–Kier alpha value is -2.02. The number of anilines is 1. The minimum Gasteiger partial charge on any atom is -0.488 e. The number of carbonyl (C=O) groups excluding carboxylic acids is 1. The molecule has 1 amide bonds. The van der Waals surface area contributed by atoms with Gasteiger partial charge in [-0.25, -0.2) is 0 Å². The molecule has 2 N–H and O–H groups in total. The highest BCUT2D eigenvalue weighted by Gasteiger charge is 2.43. The standard InChI is InChI=1S/C17H20N4O2S/c1-9-12(10-3-2-4-10)20-17(22)16-13-14(23-6-5-21(9)13)15(24-16)11-7-18-19-8-11/h7-10,12H,2-6H2,1H3,(H,18,19)(H,20,22). The number of ether oxygens (including phenoxy) is 1. The molecule has 0 aromatic carbocycles. The number of nitrogens with one attached hydrogen (secondary N) is 2. The van der Waals surface area contributed by atoms with Crippen molar-refractivity contribution in [3.63, 3.8) is 0 Å². The Bertz CT molecular complexity index is 781. The molecule has 0 bridgehead atoms. The molecule has 4 heterocycles. The monoisotopic (exact) mass is 344 g/mol. The molecule has 0 saturated heterocycles. The predicted octanol–water partition coefficient (Wildman–Crippen LogP) is 2.64. The van der Waals surface area contributed by atoms with Crippen LogP contribution >= 0.6 is 11.3 Å². The molecule has 2 atom stereocenters. The van der Waals surface area contributed by atoms with Gasteiger partial charge in [0.2, 0.25) is 0 Å². The van der Waals surface area contributed by atoms with Crippen LogP contribution < -0.4 is 15.0 Å². The Morgan fingerprint density at radius 1 is 1.38 bits per heavy atom. The lowest BCUT2D eigenvalue weighted by atomic mass is 9.77. The quantitative estimate of drug-likeness (QED) is 0.879. The maximum Gasteiger partial charge on any atom is 0.263 e. The highest BCUT2D eigenvalue weighted by molar-refractivity contribution is 7.18. The zero-order valence-electron chi connectivity index (χ0n) is 13.5. The van der Waals surface area contributed by atoms with Crippen LogP contribution in [-0.4, -0.2) is 41.3 Å². The lowest BCUT2D eigenvalue weighted by molar-refractivity contribution is 0.0900. The molecule has 5 rings (SSSR count). The summed E-state index contributed by atoms with van der Waals surface area (Å²) in [5.41, 5.74) is 1.95. The summed E-state index contributed by atoms with van der Waals surface area (Å²) < 4.78 is 6.00. The molecule has 126 valence electrons. The molecule has 24 heavy (non-hydrogen) atoms. The minimum atomic E-state index is 0.0442. The molecule has 1 fully saturated rings. The van der Waals surface area contributed by atoms with Gasteiger partial charge in [-0.2, -0.15) is 5.10 Å². The maximum atomic E-state index is 12.9. The summed E-state index contributed by atoms with van der Waals surface area (Å²) in [5.74, 6) is 1.50. The van der Waals surface area contributed by atoms with E-state index in [4.69, 9.17) is 4.74 Å². The molecule has 7 heteroatoms. The maximum absolute atomic E-state index is 12.9. The normalized spacial score (nSPS) is 26.2. The van der Waals surface area contributed by atoms with E-state index in [1.54, 1.807) is 6.20 Å². The van der Waals surface area contributed by atoms with Crippen LogP contribution in [-0.2, 0) is 0 Å². The van der Waals surface area contributed by atoms with Crippen LogP contribution in [0.3, 0.4) is 0 Å². The van der Waals surface area contributed by atoms with Crippen LogP contribution in [0.4, 0.5) is 5.69 Å². The number of rotatable bonds is 2. The predicted molar refractivity (Wildman–Crippen MR) is 92.8 cm³/mol. The molecule has 0 radical (unpaired) electrons. The number of amides is 1. The minimum absolute atomic E-state index is 0.0442. The fourth-order valence-corrected chi connectivity index (χ4v) is 5.27. The number of hydrogen-bond donors (Lipinski definition) is 2. The number of aromatic amines is 1. The summed E-state index contributed by atoms with van der Waals surface area (Å²) in [6, 6.07) is 0.518. The molecule has 1 aliphatic carbocycles. The SMILES string of the molecule is CC1C(C2CCC2)NC(=O)c2sc(-c3cn[nH]c3)c3c2N1CCO3. The van der Waals surface area contributed by atoms with Crippen molar-refractivity contribution in [3.8, 4) is 16.2 Å². The lowest BCUT2D eigenvalue weighted by Gasteiger charge is -2.42. The van der Waals surface area contributed by atoms with E-state index >= 15 is 0 Å². The van der Waals surface area contributed by atoms with Crippen molar-refractivity contribution in [3.05, 3.63) is 17.3 Å². The van der Waals surface area contributed by atoms with Gasteiger partial charge < -0.3 is 15.0 Å². The second kappa shape index (κ2) is 5.24. The second-order valence-corrected chi connectivity index (χ2v) is 7.92. The molecular formula is C17H20N4O2S. The largest absolute Gasteiger partial charge is 0.488 e. The summed E-state index contributed by atoms with van der Waals surface area (Å²) in [7, 11) is 0. The van der Waals surface area contributed by atoms with E-state index in [0.717, 1.165) is 33.3 Å². The second-order valence-electron chi connectivity index (χ2n) is 6.90. The summed E-state index contributed by atoms with van der Waals surface area (Å²) in [4.78, 5) is 17.1. The first-order valence-corrected chi connectivity index (χ1v) is 9.42. The van der Waals surface area contributed by atoms with Crippen molar-refractivity contribution < 1.29 is 9.53 Å². The first kappa shape index (κ1) is 14.3. The Morgan fingerprint density at radius 3 is 2.96 bits per heavy atom. The molecule has 3 aliphatic rings. The van der Waals surface area contributed by atoms with Crippen LogP contribution in [0.2, 0.25) is 0 Å². The first-order chi connectivity index (χ1) is 11.7. The molecule has 2 aromatic heterocycles. The average Bonchev–Trinajstić information content (AvgIpc) is 3.16. The van der Waals surface area contributed by atoms with E-state index < -0.39 is 0 Å². The van der Waals surface area contributed by atoms with E-state index in [1.165, 1.54) is 30.6 Å². The van der Waals surface area contributed by atoms with E-state index in [2.05, 4.69) is 27.3 Å². The first-order valence-electron chi connectivity index (χ1n) is 8.60. The van der Waals surface area contributed by atoms with E-state index in [1.807, 2.05) is 6.20 Å². The van der Waals surface area contributed by atoms with Gasteiger partial charge in [-0.05, 0) is 25.7 Å². The van der Waals surface area contributed by atoms with Crippen molar-refractivity contribution >= 4 is 22.9 Å². The third-order valence-corrected chi connectivity index (χ3v) is 6.85. The highest BCUT2D eigenvalue weighted by atomic mass is 32.1. The molecule has 2 unspecified atom stereocenters. The number of carbonyl (C=O) groups is 1. The molecule has 6 nitrogen and oxygen atoms in total. The van der Waals surface area contributed by atoms with E-state index in [0.29, 0.717) is 12.5 Å².